The molecule has 0 saturated heterocycles. The molecule has 1 heterocycles. The van der Waals surface area contributed by atoms with Gasteiger partial charge in [-0.3, -0.25) is 4.79 Å². The van der Waals surface area contributed by atoms with Gasteiger partial charge in [0.2, 0.25) is 0 Å². The number of ether oxygens (including phenoxy) is 1. The minimum atomic E-state index is -0.767. The van der Waals surface area contributed by atoms with Crippen LogP contribution in [0.15, 0.2) is 65.3 Å². The number of nitrogens with one attached hydrogen (secondary N) is 1. The van der Waals surface area contributed by atoms with Crippen molar-refractivity contribution >= 4 is 27.7 Å². The summed E-state index contributed by atoms with van der Waals surface area (Å²) < 4.78 is 20.9. The molecule has 0 aliphatic carbocycles. The van der Waals surface area contributed by atoms with Gasteiger partial charge in [-0.25, -0.2) is 9.07 Å². The lowest BCUT2D eigenvalue weighted by molar-refractivity contribution is -0.122. The predicted octanol–water partition coefficient (Wildman–Crippen LogP) is 4.24. The van der Waals surface area contributed by atoms with Crippen LogP contribution in [0.5, 0.6) is 5.75 Å². The molecule has 0 radical (unpaired) electrons. The Labute approximate surface area is 158 Å². The van der Waals surface area contributed by atoms with Crippen molar-refractivity contribution < 1.29 is 13.9 Å². The van der Waals surface area contributed by atoms with Gasteiger partial charge in [0.15, 0.2) is 6.10 Å². The van der Waals surface area contributed by atoms with E-state index in [0.717, 1.165) is 5.56 Å². The third-order valence-corrected chi connectivity index (χ3v) is 4.33. The maximum atomic E-state index is 13.1. The second-order valence-corrected chi connectivity index (χ2v) is 6.54. The maximum Gasteiger partial charge on any atom is 0.266 e. The molecule has 1 unspecified atom stereocenters. The van der Waals surface area contributed by atoms with E-state index in [9.17, 15) is 9.18 Å². The number of amides is 1. The molecule has 7 heteroatoms. The van der Waals surface area contributed by atoms with Crippen LogP contribution in [0.1, 0.15) is 12.5 Å². The highest BCUT2D eigenvalue weighted by Gasteiger charge is 2.18. The van der Waals surface area contributed by atoms with Gasteiger partial charge in [-0.05, 0) is 46.6 Å². The number of benzene rings is 2. The van der Waals surface area contributed by atoms with Crippen molar-refractivity contribution in [2.45, 2.75) is 19.6 Å². The molecule has 1 amide bonds. The zero-order chi connectivity index (χ0) is 18.5. The Morgan fingerprint density at radius 1 is 1.27 bits per heavy atom. The number of anilines is 1. The van der Waals surface area contributed by atoms with Crippen LogP contribution in [0.4, 0.5) is 10.2 Å². The van der Waals surface area contributed by atoms with E-state index in [2.05, 4.69) is 26.3 Å². The zero-order valence-electron chi connectivity index (χ0n) is 14.0. The minimum absolute atomic E-state index is 0.323. The summed E-state index contributed by atoms with van der Waals surface area (Å²) in [4.78, 5) is 12.4. The lowest BCUT2D eigenvalue weighted by atomic mass is 10.2. The predicted molar refractivity (Wildman–Crippen MR) is 101 cm³/mol. The van der Waals surface area contributed by atoms with Crippen LogP contribution in [-0.4, -0.2) is 21.8 Å². The number of nitrogens with zero attached hydrogens (tertiary/aromatic N) is 2. The van der Waals surface area contributed by atoms with Gasteiger partial charge in [0.05, 0.1) is 17.2 Å². The van der Waals surface area contributed by atoms with Crippen LogP contribution in [-0.2, 0) is 11.3 Å². The first-order valence-corrected chi connectivity index (χ1v) is 8.80. The quantitative estimate of drug-likeness (QED) is 0.652. The van der Waals surface area contributed by atoms with Crippen LogP contribution in [0, 0.1) is 5.82 Å². The number of hydrogen-bond donors (Lipinski definition) is 1. The lowest BCUT2D eigenvalue weighted by Gasteiger charge is -2.16. The molecule has 26 heavy (non-hydrogen) atoms. The number of carbonyl (C=O) groups is 1. The molecule has 0 fully saturated rings. The second kappa shape index (κ2) is 8.14. The molecule has 1 N–H and O–H groups in total. The summed E-state index contributed by atoms with van der Waals surface area (Å²) in [6.45, 7) is 2.17. The number of rotatable bonds is 6. The normalized spacial score (nSPS) is 11.8. The van der Waals surface area contributed by atoms with E-state index >= 15 is 0 Å². The molecule has 3 rings (SSSR count). The van der Waals surface area contributed by atoms with Crippen LogP contribution in [0.2, 0.25) is 0 Å². The third kappa shape index (κ3) is 4.49. The van der Waals surface area contributed by atoms with E-state index in [1.54, 1.807) is 23.9 Å². The van der Waals surface area contributed by atoms with Crippen molar-refractivity contribution in [1.82, 2.24) is 9.78 Å². The molecule has 0 aliphatic rings. The molecule has 0 aliphatic heterocycles. The summed E-state index contributed by atoms with van der Waals surface area (Å²) in [5, 5.41) is 7.05. The third-order valence-electron chi connectivity index (χ3n) is 3.71. The van der Waals surface area contributed by atoms with Crippen molar-refractivity contribution in [3.63, 3.8) is 0 Å². The molecule has 0 saturated carbocycles. The average molecular weight is 418 g/mol. The Morgan fingerprint density at radius 2 is 2.04 bits per heavy atom. The van der Waals surface area contributed by atoms with Crippen molar-refractivity contribution in [2.75, 3.05) is 5.32 Å². The number of carbonyl (C=O) groups excluding carboxylic acids is 1. The van der Waals surface area contributed by atoms with Crippen molar-refractivity contribution in [2.24, 2.45) is 0 Å². The summed E-state index contributed by atoms with van der Waals surface area (Å²) in [5.41, 5.74) is 1.08. The van der Waals surface area contributed by atoms with Gasteiger partial charge in [0.1, 0.15) is 17.4 Å². The Morgan fingerprint density at radius 3 is 2.77 bits per heavy atom. The van der Waals surface area contributed by atoms with Crippen molar-refractivity contribution in [1.29, 1.82) is 0 Å². The van der Waals surface area contributed by atoms with E-state index in [-0.39, 0.29) is 11.7 Å². The monoisotopic (exact) mass is 417 g/mol. The average Bonchev–Trinajstić information content (AvgIpc) is 3.05. The molecule has 0 bridgehead atoms. The number of aromatic nitrogens is 2. The van der Waals surface area contributed by atoms with Crippen LogP contribution in [0.3, 0.4) is 0 Å². The first kappa shape index (κ1) is 18.1. The van der Waals surface area contributed by atoms with Gasteiger partial charge < -0.3 is 10.1 Å². The Hall–Kier alpha value is -2.67. The molecule has 3 aromatic rings. The fraction of sp³-hybridized carbons (Fsp3) is 0.158. The van der Waals surface area contributed by atoms with E-state index in [1.807, 2.05) is 30.3 Å². The van der Waals surface area contributed by atoms with Gasteiger partial charge >= 0.3 is 0 Å². The number of halogens is 2. The Balaban J connectivity index is 1.65. The first-order chi connectivity index (χ1) is 12.5. The summed E-state index contributed by atoms with van der Waals surface area (Å²) in [6.07, 6.45) is 0.859. The van der Waals surface area contributed by atoms with E-state index in [1.165, 1.54) is 18.2 Å². The van der Waals surface area contributed by atoms with Crippen molar-refractivity contribution in [3.8, 4) is 5.75 Å². The highest BCUT2D eigenvalue weighted by molar-refractivity contribution is 9.10. The zero-order valence-corrected chi connectivity index (χ0v) is 15.6. The number of hydrogen-bond acceptors (Lipinski definition) is 3. The second-order valence-electron chi connectivity index (χ2n) is 5.68. The van der Waals surface area contributed by atoms with Crippen LogP contribution >= 0.6 is 15.9 Å². The van der Waals surface area contributed by atoms with E-state index in [4.69, 9.17) is 4.74 Å². The van der Waals surface area contributed by atoms with Crippen molar-refractivity contribution in [3.05, 3.63) is 76.6 Å². The highest BCUT2D eigenvalue weighted by Crippen LogP contribution is 2.26. The smallest absolute Gasteiger partial charge is 0.266 e. The topological polar surface area (TPSA) is 56.1 Å². The largest absolute Gasteiger partial charge is 0.480 e. The Bertz CT molecular complexity index is 899. The van der Waals surface area contributed by atoms with Gasteiger partial charge in [0, 0.05) is 6.07 Å². The van der Waals surface area contributed by atoms with E-state index < -0.39 is 6.10 Å². The van der Waals surface area contributed by atoms with Crippen LogP contribution < -0.4 is 10.1 Å². The van der Waals surface area contributed by atoms with E-state index in [0.29, 0.717) is 22.6 Å². The SMILES string of the molecule is CC(Oc1ccc(F)cc1Br)C(=O)Nc1ccnn1Cc1ccccc1. The molecule has 5 nitrogen and oxygen atoms in total. The molecule has 1 aromatic heterocycles. The molecular formula is C19H17BrFN3O2. The first-order valence-electron chi connectivity index (χ1n) is 8.01. The van der Waals surface area contributed by atoms with Gasteiger partial charge in [-0.1, -0.05) is 30.3 Å². The molecule has 2 aromatic carbocycles. The van der Waals surface area contributed by atoms with Crippen LogP contribution in [0.25, 0.3) is 0 Å². The van der Waals surface area contributed by atoms with Gasteiger partial charge in [0.25, 0.3) is 5.91 Å². The lowest BCUT2D eigenvalue weighted by Crippen LogP contribution is -2.31. The fourth-order valence-electron chi connectivity index (χ4n) is 2.36. The molecule has 0 spiro atoms. The van der Waals surface area contributed by atoms with Gasteiger partial charge in [-0.2, -0.15) is 5.10 Å². The molecular weight excluding hydrogens is 401 g/mol. The maximum absolute atomic E-state index is 13.1. The highest BCUT2D eigenvalue weighted by atomic mass is 79.9. The molecule has 134 valence electrons. The molecule has 1 atom stereocenters. The fourth-order valence-corrected chi connectivity index (χ4v) is 2.81. The summed E-state index contributed by atoms with van der Waals surface area (Å²) >= 11 is 3.22. The Kier molecular flexibility index (Phi) is 5.68. The minimum Gasteiger partial charge on any atom is -0.480 e. The summed E-state index contributed by atoms with van der Waals surface area (Å²) in [7, 11) is 0. The standard InChI is InChI=1S/C19H17BrFN3O2/c1-13(26-17-8-7-15(21)11-16(17)20)19(25)23-18-9-10-22-24(18)12-14-5-3-2-4-6-14/h2-11,13H,12H2,1H3,(H,23,25). The summed E-state index contributed by atoms with van der Waals surface area (Å²) in [5.74, 6) is 0.265. The summed E-state index contributed by atoms with van der Waals surface area (Å²) in [6, 6.07) is 15.6. The van der Waals surface area contributed by atoms with Gasteiger partial charge in [-0.15, -0.1) is 0 Å².